The minimum Gasteiger partial charge on any atom is -0.324 e. The van der Waals surface area contributed by atoms with E-state index in [1.807, 2.05) is 0 Å². The maximum Gasteiger partial charge on any atom is 0.343 e. The second kappa shape index (κ2) is 6.27. The highest BCUT2D eigenvalue weighted by Gasteiger charge is 2.46. The molecule has 19 heavy (non-hydrogen) atoms. The van der Waals surface area contributed by atoms with Crippen molar-refractivity contribution in [3.05, 3.63) is 30.1 Å². The predicted molar refractivity (Wildman–Crippen MR) is 69.8 cm³/mol. The molecule has 0 aliphatic rings. The van der Waals surface area contributed by atoms with Crippen molar-refractivity contribution in [3.63, 3.8) is 0 Å². The quantitative estimate of drug-likeness (QED) is 0.685. The topological polar surface area (TPSA) is 117 Å². The Morgan fingerprint density at radius 3 is 2.32 bits per heavy atom. The first-order valence-electron chi connectivity index (χ1n) is 5.59. The van der Waals surface area contributed by atoms with Crippen LogP contribution in [0.15, 0.2) is 24.4 Å². The number of nitrogens with zero attached hydrogens (tertiary/aromatic N) is 1. The van der Waals surface area contributed by atoms with E-state index in [1.54, 1.807) is 12.1 Å². The lowest BCUT2D eigenvalue weighted by Gasteiger charge is -2.24. The molecule has 3 N–H and O–H groups in total. The van der Waals surface area contributed by atoms with Crippen molar-refractivity contribution in [2.45, 2.75) is 31.8 Å². The molecule has 1 heterocycles. The van der Waals surface area contributed by atoms with Crippen molar-refractivity contribution in [1.82, 2.24) is 4.98 Å². The van der Waals surface area contributed by atoms with Crippen LogP contribution in [0.25, 0.3) is 0 Å². The van der Waals surface area contributed by atoms with Gasteiger partial charge < -0.3 is 19.2 Å². The number of rotatable bonds is 6. The van der Waals surface area contributed by atoms with Gasteiger partial charge in [0.25, 0.3) is 0 Å². The van der Waals surface area contributed by atoms with Gasteiger partial charge in [-0.2, -0.15) is 0 Å². The largest absolute Gasteiger partial charge is 0.343 e. The highest BCUT2D eigenvalue weighted by molar-refractivity contribution is 7.71. The summed E-state index contributed by atoms with van der Waals surface area (Å²) in [4.78, 5) is 32.2. The molecular weight excluding hydrogens is 292 g/mol. The summed E-state index contributed by atoms with van der Waals surface area (Å²) in [5.74, 6) is 0. The Bertz CT molecular complexity index is 500. The molecule has 9 heteroatoms. The zero-order valence-corrected chi connectivity index (χ0v) is 12.4. The van der Waals surface area contributed by atoms with E-state index in [2.05, 4.69) is 4.98 Å². The molecule has 2 unspecified atom stereocenters. The van der Waals surface area contributed by atoms with Crippen molar-refractivity contribution in [1.29, 1.82) is 0 Å². The summed E-state index contributed by atoms with van der Waals surface area (Å²) in [6, 6.07) is 4.79. The van der Waals surface area contributed by atoms with Gasteiger partial charge in [0.15, 0.2) is 5.40 Å². The van der Waals surface area contributed by atoms with Crippen LogP contribution in [0.4, 0.5) is 0 Å². The first kappa shape index (κ1) is 16.5. The number of hydrogen-bond acceptors (Lipinski definition) is 4. The maximum atomic E-state index is 12.0. The van der Waals surface area contributed by atoms with Gasteiger partial charge in [-0.1, -0.05) is 6.07 Å². The molecule has 0 saturated heterocycles. The zero-order valence-electron chi connectivity index (χ0n) is 10.6. The van der Waals surface area contributed by atoms with E-state index in [0.29, 0.717) is 5.69 Å². The fourth-order valence-electron chi connectivity index (χ4n) is 1.50. The Balaban J connectivity index is 3.03. The van der Waals surface area contributed by atoms with Gasteiger partial charge in [-0.05, 0) is 26.0 Å². The molecule has 2 atom stereocenters. The Morgan fingerprint density at radius 2 is 1.89 bits per heavy atom. The van der Waals surface area contributed by atoms with Gasteiger partial charge in [0, 0.05) is 18.3 Å². The fraction of sp³-hybridized carbons (Fsp3) is 0.500. The monoisotopic (exact) mass is 309 g/mol. The van der Waals surface area contributed by atoms with Crippen LogP contribution in [0.5, 0.6) is 0 Å². The van der Waals surface area contributed by atoms with Crippen molar-refractivity contribution >= 4 is 15.2 Å². The standard InChI is InChI=1S/C10H17NO6P2/c1-8(2)17-19(15,16)10(18(12,13)14)7-9-5-3-4-6-11-9/h3-6,8,10H,7H2,1-2H3,(H,15,16)(H2,12,13,14). The Hall–Kier alpha value is -0.550. The van der Waals surface area contributed by atoms with Crippen molar-refractivity contribution in [2.75, 3.05) is 0 Å². The van der Waals surface area contributed by atoms with Gasteiger partial charge in [-0.15, -0.1) is 0 Å². The molecular formula is C10H17NO6P2. The average molecular weight is 309 g/mol. The molecule has 1 aromatic rings. The number of pyridine rings is 1. The third kappa shape index (κ3) is 5.15. The van der Waals surface area contributed by atoms with Gasteiger partial charge in [-0.25, -0.2) is 0 Å². The van der Waals surface area contributed by atoms with Gasteiger partial charge in [0.2, 0.25) is 0 Å². The molecule has 0 fully saturated rings. The predicted octanol–water partition coefficient (Wildman–Crippen LogP) is 1.74. The number of aromatic nitrogens is 1. The lowest BCUT2D eigenvalue weighted by atomic mass is 10.3. The van der Waals surface area contributed by atoms with Crippen LogP contribution in [0.3, 0.4) is 0 Å². The molecule has 1 aromatic heterocycles. The smallest absolute Gasteiger partial charge is 0.324 e. The van der Waals surface area contributed by atoms with Gasteiger partial charge >= 0.3 is 15.2 Å². The lowest BCUT2D eigenvalue weighted by molar-refractivity contribution is 0.200. The van der Waals surface area contributed by atoms with Crippen molar-refractivity contribution in [2.24, 2.45) is 0 Å². The van der Waals surface area contributed by atoms with Crippen LogP contribution < -0.4 is 0 Å². The zero-order chi connectivity index (χ0) is 14.7. The van der Waals surface area contributed by atoms with E-state index in [9.17, 15) is 23.8 Å². The van der Waals surface area contributed by atoms with Crippen molar-refractivity contribution < 1.29 is 28.3 Å². The van der Waals surface area contributed by atoms with E-state index in [1.165, 1.54) is 26.1 Å². The first-order valence-corrected chi connectivity index (χ1v) is 8.92. The Morgan fingerprint density at radius 1 is 1.26 bits per heavy atom. The molecule has 7 nitrogen and oxygen atoms in total. The van der Waals surface area contributed by atoms with Gasteiger partial charge in [0.1, 0.15) is 0 Å². The Kier molecular flexibility index (Phi) is 5.44. The summed E-state index contributed by atoms with van der Waals surface area (Å²) in [5.41, 5.74) is 0.317. The first-order chi connectivity index (χ1) is 8.63. The second-order valence-electron chi connectivity index (χ2n) is 4.31. The van der Waals surface area contributed by atoms with Crippen molar-refractivity contribution in [3.8, 4) is 0 Å². The minimum atomic E-state index is -4.80. The lowest BCUT2D eigenvalue weighted by Crippen LogP contribution is -2.17. The van der Waals surface area contributed by atoms with Crippen LogP contribution in [-0.4, -0.2) is 31.2 Å². The summed E-state index contributed by atoms with van der Waals surface area (Å²) < 4.78 is 28.2. The normalized spacial score (nSPS) is 17.2. The van der Waals surface area contributed by atoms with Crippen LogP contribution in [0.2, 0.25) is 0 Å². The molecule has 0 saturated carbocycles. The summed E-state index contributed by atoms with van der Waals surface area (Å²) in [5, 5.41) is -1.81. The van der Waals surface area contributed by atoms with E-state index >= 15 is 0 Å². The fourth-order valence-corrected chi connectivity index (χ4v) is 4.77. The summed E-state index contributed by atoms with van der Waals surface area (Å²) in [6.45, 7) is 3.03. The van der Waals surface area contributed by atoms with Crippen LogP contribution in [-0.2, 0) is 20.1 Å². The van der Waals surface area contributed by atoms with E-state index in [-0.39, 0.29) is 6.42 Å². The summed E-state index contributed by atoms with van der Waals surface area (Å²) in [7, 11) is -9.25. The average Bonchev–Trinajstić information content (AvgIpc) is 2.23. The molecule has 0 spiro atoms. The minimum absolute atomic E-state index is 0.317. The SMILES string of the molecule is CC(C)OP(=O)(O)C(Cc1ccccn1)P(=O)(O)O. The molecule has 108 valence electrons. The third-order valence-electron chi connectivity index (χ3n) is 2.24. The van der Waals surface area contributed by atoms with Crippen LogP contribution in [0.1, 0.15) is 19.5 Å². The summed E-state index contributed by atoms with van der Waals surface area (Å²) >= 11 is 0. The molecule has 0 aliphatic heterocycles. The van der Waals surface area contributed by atoms with Gasteiger partial charge in [-0.3, -0.25) is 14.1 Å². The maximum absolute atomic E-state index is 12.0. The van der Waals surface area contributed by atoms with Crippen LogP contribution >= 0.6 is 15.2 Å². The van der Waals surface area contributed by atoms with E-state index in [0.717, 1.165) is 0 Å². The number of hydrogen-bond donors (Lipinski definition) is 3. The van der Waals surface area contributed by atoms with Gasteiger partial charge in [0.05, 0.1) is 6.10 Å². The van der Waals surface area contributed by atoms with E-state index in [4.69, 9.17) is 4.52 Å². The molecule has 1 rings (SSSR count). The second-order valence-corrected chi connectivity index (χ2v) is 8.48. The molecule has 0 bridgehead atoms. The summed E-state index contributed by atoms with van der Waals surface area (Å²) in [6.07, 6.45) is 0.497. The Labute approximate surface area is 111 Å². The van der Waals surface area contributed by atoms with Crippen LogP contribution in [0, 0.1) is 0 Å². The molecule has 0 aliphatic carbocycles. The molecule has 0 radical (unpaired) electrons. The third-order valence-corrected chi connectivity index (χ3v) is 6.64. The molecule has 0 aromatic carbocycles. The molecule has 0 amide bonds. The highest BCUT2D eigenvalue weighted by Crippen LogP contribution is 2.64. The highest BCUT2D eigenvalue weighted by atomic mass is 31.2. The van der Waals surface area contributed by atoms with E-state index < -0.39 is 26.7 Å².